The fourth-order valence-corrected chi connectivity index (χ4v) is 4.29. The van der Waals surface area contributed by atoms with Gasteiger partial charge in [-0.15, -0.1) is 11.8 Å². The smallest absolute Gasteiger partial charge is 0.0767 e. The van der Waals surface area contributed by atoms with Crippen LogP contribution in [0, 0.1) is 0 Å². The molecule has 0 bridgehead atoms. The SMILES string of the molecule is CCc1nn(CC)c(CSc2cccc(Br)c2)c1Br. The number of hydrogen-bond donors (Lipinski definition) is 0. The Bertz CT molecular complexity index is 567. The van der Waals surface area contributed by atoms with E-state index in [1.807, 2.05) is 17.8 Å². The number of hydrogen-bond acceptors (Lipinski definition) is 2. The Morgan fingerprint density at radius 1 is 1.26 bits per heavy atom. The molecule has 1 aromatic carbocycles. The summed E-state index contributed by atoms with van der Waals surface area (Å²) in [4.78, 5) is 1.27. The lowest BCUT2D eigenvalue weighted by Crippen LogP contribution is -2.01. The van der Waals surface area contributed by atoms with Crippen LogP contribution in [0.5, 0.6) is 0 Å². The Labute approximate surface area is 135 Å². The van der Waals surface area contributed by atoms with Gasteiger partial charge in [0.2, 0.25) is 0 Å². The molecule has 0 saturated carbocycles. The van der Waals surface area contributed by atoms with Crippen LogP contribution >= 0.6 is 43.6 Å². The van der Waals surface area contributed by atoms with Crippen molar-refractivity contribution < 1.29 is 0 Å². The molecule has 1 aromatic heterocycles. The van der Waals surface area contributed by atoms with Crippen molar-refractivity contribution in [2.45, 2.75) is 37.5 Å². The second kappa shape index (κ2) is 6.95. The largest absolute Gasteiger partial charge is 0.268 e. The van der Waals surface area contributed by atoms with Crippen molar-refractivity contribution in [2.24, 2.45) is 0 Å². The predicted octanol–water partition coefficient (Wildman–Crippen LogP) is 5.28. The second-order valence-corrected chi connectivity index (χ2v) is 6.88. The lowest BCUT2D eigenvalue weighted by molar-refractivity contribution is 0.627. The molecule has 1 heterocycles. The number of thioether (sulfide) groups is 1. The van der Waals surface area contributed by atoms with Crippen molar-refractivity contribution in [3.8, 4) is 0 Å². The Morgan fingerprint density at radius 3 is 2.68 bits per heavy atom. The minimum atomic E-state index is 0.910. The topological polar surface area (TPSA) is 17.8 Å². The van der Waals surface area contributed by atoms with Crippen LogP contribution in [0.25, 0.3) is 0 Å². The zero-order chi connectivity index (χ0) is 13.8. The van der Waals surface area contributed by atoms with Gasteiger partial charge in [0.25, 0.3) is 0 Å². The molecule has 102 valence electrons. The summed E-state index contributed by atoms with van der Waals surface area (Å²) in [5.74, 6) is 0.928. The summed E-state index contributed by atoms with van der Waals surface area (Å²) in [7, 11) is 0. The van der Waals surface area contributed by atoms with Crippen LogP contribution in [-0.2, 0) is 18.7 Å². The van der Waals surface area contributed by atoms with Gasteiger partial charge < -0.3 is 0 Å². The molecule has 0 radical (unpaired) electrons. The van der Waals surface area contributed by atoms with Gasteiger partial charge >= 0.3 is 0 Å². The molecular formula is C14H16Br2N2S. The minimum absolute atomic E-state index is 0.910. The Hall–Kier alpha value is -0.260. The highest BCUT2D eigenvalue weighted by atomic mass is 79.9. The van der Waals surface area contributed by atoms with Gasteiger partial charge in [-0.05, 0) is 47.5 Å². The van der Waals surface area contributed by atoms with E-state index in [0.717, 1.165) is 28.9 Å². The van der Waals surface area contributed by atoms with Gasteiger partial charge in [0.1, 0.15) is 0 Å². The molecule has 0 fully saturated rings. The number of aryl methyl sites for hydroxylation is 2. The van der Waals surface area contributed by atoms with E-state index in [9.17, 15) is 0 Å². The standard InChI is InChI=1S/C14H16Br2N2S/c1-3-12-14(16)13(18(4-2)17-12)9-19-11-7-5-6-10(15)8-11/h5-8H,3-4,9H2,1-2H3. The van der Waals surface area contributed by atoms with Gasteiger partial charge in [0.15, 0.2) is 0 Å². The first-order chi connectivity index (χ1) is 9.15. The van der Waals surface area contributed by atoms with Crippen molar-refractivity contribution in [1.29, 1.82) is 0 Å². The lowest BCUT2D eigenvalue weighted by Gasteiger charge is -2.06. The highest BCUT2D eigenvalue weighted by molar-refractivity contribution is 9.10. The molecule has 0 unspecified atom stereocenters. The van der Waals surface area contributed by atoms with E-state index >= 15 is 0 Å². The molecule has 0 amide bonds. The molecule has 0 aliphatic carbocycles. The Kier molecular flexibility index (Phi) is 5.54. The van der Waals surface area contributed by atoms with Crippen LogP contribution in [0.2, 0.25) is 0 Å². The van der Waals surface area contributed by atoms with Crippen molar-refractivity contribution in [3.63, 3.8) is 0 Å². The van der Waals surface area contributed by atoms with Gasteiger partial charge in [0.05, 0.1) is 15.9 Å². The van der Waals surface area contributed by atoms with Crippen molar-refractivity contribution in [2.75, 3.05) is 0 Å². The van der Waals surface area contributed by atoms with Crippen LogP contribution in [0.4, 0.5) is 0 Å². The molecule has 0 spiro atoms. The normalized spacial score (nSPS) is 10.9. The van der Waals surface area contributed by atoms with Crippen LogP contribution in [0.1, 0.15) is 25.2 Å². The van der Waals surface area contributed by atoms with Crippen LogP contribution in [0.3, 0.4) is 0 Å². The monoisotopic (exact) mass is 402 g/mol. The maximum atomic E-state index is 4.62. The van der Waals surface area contributed by atoms with E-state index in [4.69, 9.17) is 0 Å². The molecule has 0 atom stereocenters. The fraction of sp³-hybridized carbons (Fsp3) is 0.357. The average molecular weight is 404 g/mol. The highest BCUT2D eigenvalue weighted by Crippen LogP contribution is 2.30. The third-order valence-electron chi connectivity index (χ3n) is 2.87. The van der Waals surface area contributed by atoms with Crippen LogP contribution in [0.15, 0.2) is 38.1 Å². The summed E-state index contributed by atoms with van der Waals surface area (Å²) >= 11 is 9.03. The summed E-state index contributed by atoms with van der Waals surface area (Å²) in [5, 5.41) is 4.62. The average Bonchev–Trinajstić information content (AvgIpc) is 2.72. The zero-order valence-electron chi connectivity index (χ0n) is 11.0. The third-order valence-corrected chi connectivity index (χ3v) is 5.28. The third kappa shape index (κ3) is 3.64. The molecule has 2 rings (SSSR count). The van der Waals surface area contributed by atoms with Gasteiger partial charge in [-0.3, -0.25) is 4.68 Å². The highest BCUT2D eigenvalue weighted by Gasteiger charge is 2.13. The molecule has 5 heteroatoms. The van der Waals surface area contributed by atoms with Gasteiger partial charge in [-0.2, -0.15) is 5.10 Å². The molecule has 0 saturated heterocycles. The van der Waals surface area contributed by atoms with Crippen molar-refractivity contribution in [3.05, 3.63) is 44.6 Å². The molecule has 0 aliphatic rings. The van der Waals surface area contributed by atoms with E-state index in [2.05, 4.69) is 73.7 Å². The minimum Gasteiger partial charge on any atom is -0.268 e. The number of aromatic nitrogens is 2. The quantitative estimate of drug-likeness (QED) is 0.631. The fourth-order valence-electron chi connectivity index (χ4n) is 1.86. The van der Waals surface area contributed by atoms with E-state index < -0.39 is 0 Å². The molecule has 2 aromatic rings. The van der Waals surface area contributed by atoms with E-state index in [0.29, 0.717) is 0 Å². The summed E-state index contributed by atoms with van der Waals surface area (Å²) < 4.78 is 4.38. The number of halogens is 2. The maximum absolute atomic E-state index is 4.62. The van der Waals surface area contributed by atoms with Gasteiger partial charge in [0, 0.05) is 21.7 Å². The predicted molar refractivity (Wildman–Crippen MR) is 88.7 cm³/mol. The van der Waals surface area contributed by atoms with Crippen molar-refractivity contribution in [1.82, 2.24) is 9.78 Å². The first kappa shape index (κ1) is 15.1. The Morgan fingerprint density at radius 2 is 2.05 bits per heavy atom. The van der Waals surface area contributed by atoms with Gasteiger partial charge in [-0.25, -0.2) is 0 Å². The molecule has 2 nitrogen and oxygen atoms in total. The zero-order valence-corrected chi connectivity index (χ0v) is 15.0. The van der Waals surface area contributed by atoms with Gasteiger partial charge in [-0.1, -0.05) is 28.9 Å². The maximum Gasteiger partial charge on any atom is 0.0767 e. The number of benzene rings is 1. The molecular weight excluding hydrogens is 388 g/mol. The lowest BCUT2D eigenvalue weighted by atomic mass is 10.3. The summed E-state index contributed by atoms with van der Waals surface area (Å²) in [6.45, 7) is 5.18. The second-order valence-electron chi connectivity index (χ2n) is 4.12. The van der Waals surface area contributed by atoms with Crippen LogP contribution in [-0.4, -0.2) is 9.78 Å². The molecule has 0 aliphatic heterocycles. The summed E-state index contributed by atoms with van der Waals surface area (Å²) in [5.41, 5.74) is 2.41. The number of nitrogens with zero attached hydrogens (tertiary/aromatic N) is 2. The first-order valence-electron chi connectivity index (χ1n) is 6.28. The van der Waals surface area contributed by atoms with E-state index in [1.54, 1.807) is 0 Å². The van der Waals surface area contributed by atoms with Crippen molar-refractivity contribution >= 4 is 43.6 Å². The van der Waals surface area contributed by atoms with Crippen LogP contribution < -0.4 is 0 Å². The van der Waals surface area contributed by atoms with E-state index in [-0.39, 0.29) is 0 Å². The molecule has 19 heavy (non-hydrogen) atoms. The first-order valence-corrected chi connectivity index (χ1v) is 8.85. The Balaban J connectivity index is 2.17. The number of rotatable bonds is 5. The summed E-state index contributed by atoms with van der Waals surface area (Å²) in [6, 6.07) is 8.39. The summed E-state index contributed by atoms with van der Waals surface area (Å²) in [6.07, 6.45) is 0.960. The van der Waals surface area contributed by atoms with E-state index in [1.165, 1.54) is 15.1 Å². The molecule has 0 N–H and O–H groups in total.